The molecule has 0 bridgehead atoms. The number of rotatable bonds is 2. The minimum absolute atomic E-state index is 0.0588. The molecule has 0 saturated carbocycles. The summed E-state index contributed by atoms with van der Waals surface area (Å²) < 4.78 is 0. The van der Waals surface area contributed by atoms with Crippen molar-refractivity contribution in [3.8, 4) is 0 Å². The molecule has 0 spiro atoms. The highest BCUT2D eigenvalue weighted by Crippen LogP contribution is 2.65. The normalized spacial score (nSPS) is 18.2. The topological polar surface area (TPSA) is 25.8 Å². The van der Waals surface area contributed by atoms with E-state index in [-0.39, 0.29) is 10.3 Å². The quantitative estimate of drug-likeness (QED) is 0.602. The van der Waals surface area contributed by atoms with Crippen LogP contribution in [0.15, 0.2) is 24.3 Å². The first-order chi connectivity index (χ1) is 10.7. The SMILES string of the molecule is [B][P+](C)(c1nc2ccccc2nc1[P+]([B])(C)C(C)(C)C)C(C)(C)C. The Morgan fingerprint density at radius 2 is 1.00 bits per heavy atom. The molecule has 1 heterocycles. The number of hydrogen-bond donors (Lipinski definition) is 0. The van der Waals surface area contributed by atoms with Crippen LogP contribution in [-0.2, 0) is 0 Å². The number of hydrogen-bond acceptors (Lipinski definition) is 2. The molecule has 0 fully saturated rings. The Bertz CT molecular complexity index is 695. The Hall–Kier alpha value is -0.450. The Morgan fingerprint density at radius 3 is 1.25 bits per heavy atom. The summed E-state index contributed by atoms with van der Waals surface area (Å²) in [4.78, 5) is 10.0. The highest BCUT2D eigenvalue weighted by molar-refractivity contribution is 8.08. The van der Waals surface area contributed by atoms with Crippen LogP contribution < -0.4 is 10.9 Å². The second-order valence-electron chi connectivity index (χ2n) is 8.85. The molecule has 2 rings (SSSR count). The molecule has 0 saturated heterocycles. The van der Waals surface area contributed by atoms with Gasteiger partial charge in [-0.05, 0) is 53.7 Å². The van der Waals surface area contributed by atoms with Crippen molar-refractivity contribution in [2.24, 2.45) is 0 Å². The van der Waals surface area contributed by atoms with Crippen LogP contribution in [0.2, 0.25) is 0 Å². The van der Waals surface area contributed by atoms with E-state index in [2.05, 4.69) is 54.9 Å². The van der Waals surface area contributed by atoms with Crippen molar-refractivity contribution in [1.82, 2.24) is 9.97 Å². The zero-order valence-electron chi connectivity index (χ0n) is 16.3. The van der Waals surface area contributed by atoms with Gasteiger partial charge in [-0.1, -0.05) is 12.1 Å². The van der Waals surface area contributed by atoms with Crippen LogP contribution in [0.5, 0.6) is 0 Å². The highest BCUT2D eigenvalue weighted by atomic mass is 31.2. The molecular weight excluding hydrogens is 328 g/mol. The largest absolute Gasteiger partial charge is 0.373 e. The van der Waals surface area contributed by atoms with E-state index < -0.39 is 14.3 Å². The molecule has 2 unspecified atom stereocenters. The maximum Gasteiger partial charge on any atom is 0.373 e. The lowest BCUT2D eigenvalue weighted by Crippen LogP contribution is -2.44. The van der Waals surface area contributed by atoms with Crippen LogP contribution in [-0.4, -0.2) is 48.7 Å². The third-order valence-corrected chi connectivity index (χ3v) is 13.3. The van der Waals surface area contributed by atoms with Crippen LogP contribution in [0.25, 0.3) is 11.0 Å². The zero-order chi connectivity index (χ0) is 18.6. The summed E-state index contributed by atoms with van der Waals surface area (Å²) in [6.07, 6.45) is 0. The van der Waals surface area contributed by atoms with E-state index in [0.717, 1.165) is 21.9 Å². The smallest absolute Gasteiger partial charge is 0.209 e. The molecule has 124 valence electrons. The van der Waals surface area contributed by atoms with E-state index >= 15 is 0 Å². The van der Waals surface area contributed by atoms with Gasteiger partial charge in [-0.2, -0.15) is 0 Å². The Morgan fingerprint density at radius 1 is 0.708 bits per heavy atom. The molecule has 24 heavy (non-hydrogen) atoms. The monoisotopic (exact) mass is 356 g/mol. The fraction of sp³-hybridized carbons (Fsp3) is 0.556. The summed E-state index contributed by atoms with van der Waals surface area (Å²) in [5, 5.41) is -0.118. The fourth-order valence-electron chi connectivity index (χ4n) is 2.24. The van der Waals surface area contributed by atoms with Crippen LogP contribution in [0, 0.1) is 0 Å². The van der Waals surface area contributed by atoms with Crippen LogP contribution >= 0.6 is 14.3 Å². The summed E-state index contributed by atoms with van der Waals surface area (Å²) in [6.45, 7) is 17.4. The fourth-order valence-corrected chi connectivity index (χ4v) is 6.32. The summed E-state index contributed by atoms with van der Waals surface area (Å²) >= 11 is 0. The van der Waals surface area contributed by atoms with Gasteiger partial charge in [-0.25, -0.2) is 9.97 Å². The van der Waals surface area contributed by atoms with Gasteiger partial charge >= 0.3 is 15.1 Å². The molecule has 0 amide bonds. The molecular formula is C18H28B2N2P2+2. The molecule has 2 nitrogen and oxygen atoms in total. The number of aromatic nitrogens is 2. The highest BCUT2D eigenvalue weighted by Gasteiger charge is 2.53. The van der Waals surface area contributed by atoms with Gasteiger partial charge in [0.1, 0.15) is 0 Å². The van der Waals surface area contributed by atoms with Gasteiger partial charge in [0.25, 0.3) is 0 Å². The summed E-state index contributed by atoms with van der Waals surface area (Å²) in [5.74, 6) is 0. The van der Waals surface area contributed by atoms with Gasteiger partial charge in [0.15, 0.2) is 0 Å². The van der Waals surface area contributed by atoms with E-state index in [1.54, 1.807) is 0 Å². The number of nitrogens with zero attached hydrogens (tertiary/aromatic N) is 2. The molecule has 4 radical (unpaired) electrons. The predicted octanol–water partition coefficient (Wildman–Crippen LogP) is 3.94. The predicted molar refractivity (Wildman–Crippen MR) is 116 cm³/mol. The molecule has 0 aliphatic carbocycles. The number of fused-ring (bicyclic) bond motifs is 1. The Kier molecular flexibility index (Phi) is 5.02. The van der Waals surface area contributed by atoms with Crippen molar-refractivity contribution in [2.45, 2.75) is 51.9 Å². The van der Waals surface area contributed by atoms with E-state index in [1.807, 2.05) is 24.3 Å². The molecule has 2 aromatic rings. The summed E-state index contributed by atoms with van der Waals surface area (Å²) in [7, 11) is 9.81. The molecule has 6 heteroatoms. The van der Waals surface area contributed by atoms with Gasteiger partial charge in [0.2, 0.25) is 10.9 Å². The summed E-state index contributed by atoms with van der Waals surface area (Å²) in [6, 6.07) is 7.98. The van der Waals surface area contributed by atoms with Crippen molar-refractivity contribution < 1.29 is 0 Å². The molecule has 1 aromatic heterocycles. The van der Waals surface area contributed by atoms with Crippen LogP contribution in [0.1, 0.15) is 41.5 Å². The average molecular weight is 356 g/mol. The molecule has 0 aliphatic heterocycles. The molecule has 1 aromatic carbocycles. The molecule has 0 aliphatic rings. The number of benzene rings is 1. The van der Waals surface area contributed by atoms with Gasteiger partial charge in [-0.3, -0.25) is 0 Å². The second-order valence-corrected chi connectivity index (χ2v) is 16.7. The maximum absolute atomic E-state index is 6.92. The standard InChI is InChI=1S/C18H28B2N2P2/c1-17(2,3)23(7,19)15-16(24(8,20)18(4,5)6)22-14-12-10-9-11-13(14)21-15/h9-12H,1-8H3/q+2. The van der Waals surface area contributed by atoms with Gasteiger partial charge in [-0.15, -0.1) is 0 Å². The minimum atomic E-state index is -2.01. The number of para-hydroxylation sites is 2. The first-order valence-electron chi connectivity index (χ1n) is 8.28. The summed E-state index contributed by atoms with van der Waals surface area (Å²) in [5.41, 5.74) is 3.68. The van der Waals surface area contributed by atoms with Gasteiger partial charge in [0, 0.05) is 27.6 Å². The third-order valence-electron chi connectivity index (χ3n) is 5.20. The van der Waals surface area contributed by atoms with Crippen molar-refractivity contribution in [2.75, 3.05) is 13.3 Å². The first kappa shape index (κ1) is 19.9. The van der Waals surface area contributed by atoms with Gasteiger partial charge < -0.3 is 0 Å². The molecule has 2 atom stereocenters. The first-order valence-corrected chi connectivity index (χ1v) is 12.9. The maximum atomic E-state index is 6.92. The van der Waals surface area contributed by atoms with Crippen LogP contribution in [0.4, 0.5) is 0 Å². The lowest BCUT2D eigenvalue weighted by atomic mass is 10.2. The second kappa shape index (κ2) is 6.07. The van der Waals surface area contributed by atoms with E-state index in [9.17, 15) is 0 Å². The van der Waals surface area contributed by atoms with Crippen LogP contribution in [0.3, 0.4) is 0 Å². The zero-order valence-corrected chi connectivity index (χ0v) is 18.0. The van der Waals surface area contributed by atoms with Crippen molar-refractivity contribution in [1.29, 1.82) is 0 Å². The van der Waals surface area contributed by atoms with E-state index in [1.165, 1.54) is 0 Å². The minimum Gasteiger partial charge on any atom is -0.209 e. The third kappa shape index (κ3) is 3.30. The van der Waals surface area contributed by atoms with Crippen molar-refractivity contribution in [3.63, 3.8) is 0 Å². The lowest BCUT2D eigenvalue weighted by Gasteiger charge is -2.36. The Labute approximate surface area is 151 Å². The van der Waals surface area contributed by atoms with E-state index in [0.29, 0.717) is 0 Å². The average Bonchev–Trinajstić information content (AvgIpc) is 2.43. The molecule has 0 N–H and O–H groups in total. The Balaban J connectivity index is 2.89. The van der Waals surface area contributed by atoms with E-state index in [4.69, 9.17) is 25.1 Å². The van der Waals surface area contributed by atoms with Gasteiger partial charge in [0.05, 0.1) is 21.3 Å². The lowest BCUT2D eigenvalue weighted by molar-refractivity contribution is 0.784. The van der Waals surface area contributed by atoms with Crippen molar-refractivity contribution >= 4 is 51.3 Å². The van der Waals surface area contributed by atoms with Crippen molar-refractivity contribution in [3.05, 3.63) is 24.3 Å².